The molecule has 1 aliphatic carbocycles. The molecule has 0 aromatic rings. The van der Waals surface area contributed by atoms with Gasteiger partial charge in [-0.3, -0.25) is 4.99 Å². The monoisotopic (exact) mass is 384 g/mol. The molecule has 2 aliphatic rings. The Bertz CT molecular complexity index is 483. The van der Waals surface area contributed by atoms with Crippen molar-refractivity contribution in [2.45, 2.75) is 64.2 Å². The highest BCUT2D eigenvalue weighted by Gasteiger charge is 2.34. The number of carbonyl (C=O) groups excluding carboxylic acids is 1. The van der Waals surface area contributed by atoms with E-state index >= 15 is 0 Å². The molecule has 0 spiro atoms. The zero-order valence-electron chi connectivity index (χ0n) is 17.3. The van der Waals surface area contributed by atoms with Crippen molar-refractivity contribution in [3.05, 3.63) is 0 Å². The number of nitrogens with zero attached hydrogens (tertiary/aromatic N) is 2. The van der Waals surface area contributed by atoms with Gasteiger partial charge in [0.1, 0.15) is 5.60 Å². The predicted octanol–water partition coefficient (Wildman–Crippen LogP) is 1.75. The van der Waals surface area contributed by atoms with E-state index in [9.17, 15) is 4.79 Å². The van der Waals surface area contributed by atoms with E-state index < -0.39 is 5.60 Å². The van der Waals surface area contributed by atoms with Crippen LogP contribution in [0.1, 0.15) is 46.5 Å². The molecule has 156 valence electrons. The van der Waals surface area contributed by atoms with Crippen LogP contribution in [0.2, 0.25) is 0 Å². The average Bonchev–Trinajstić information content (AvgIpc) is 3.29. The molecule has 1 atom stereocenters. The first-order valence-corrected chi connectivity index (χ1v) is 10.0. The van der Waals surface area contributed by atoms with Gasteiger partial charge >= 0.3 is 6.09 Å². The van der Waals surface area contributed by atoms with Crippen molar-refractivity contribution in [3.8, 4) is 0 Å². The summed E-state index contributed by atoms with van der Waals surface area (Å²) in [6.07, 6.45) is 4.03. The Kier molecular flexibility index (Phi) is 8.63. The summed E-state index contributed by atoms with van der Waals surface area (Å²) in [6.45, 7) is 9.93. The molecule has 1 unspecified atom stereocenters. The highest BCUT2D eigenvalue weighted by Crippen LogP contribution is 2.27. The number of carbonyl (C=O) groups is 1. The number of ether oxygens (including phenoxy) is 3. The van der Waals surface area contributed by atoms with Crippen LogP contribution in [0.4, 0.5) is 4.79 Å². The van der Waals surface area contributed by atoms with E-state index in [0.717, 1.165) is 44.8 Å². The fourth-order valence-corrected chi connectivity index (χ4v) is 2.82. The third-order valence-corrected chi connectivity index (χ3v) is 4.34. The fraction of sp³-hybridized carbons (Fsp3) is 0.895. The highest BCUT2D eigenvalue weighted by atomic mass is 16.6. The first-order valence-electron chi connectivity index (χ1n) is 10.0. The van der Waals surface area contributed by atoms with Gasteiger partial charge in [0.25, 0.3) is 0 Å². The number of hydrogen-bond acceptors (Lipinski definition) is 5. The molecule has 0 aromatic heterocycles. The van der Waals surface area contributed by atoms with E-state index in [1.807, 2.05) is 25.7 Å². The summed E-state index contributed by atoms with van der Waals surface area (Å²) in [5.74, 6) is 0.735. The first-order chi connectivity index (χ1) is 12.9. The van der Waals surface area contributed by atoms with Crippen LogP contribution in [-0.4, -0.2) is 81.2 Å². The molecule has 1 heterocycles. The summed E-state index contributed by atoms with van der Waals surface area (Å²) in [5, 5.41) is 6.53. The predicted molar refractivity (Wildman–Crippen MR) is 105 cm³/mol. The molecule has 1 saturated heterocycles. The van der Waals surface area contributed by atoms with E-state index in [0.29, 0.717) is 32.3 Å². The van der Waals surface area contributed by atoms with E-state index in [4.69, 9.17) is 14.2 Å². The number of guanidine groups is 1. The maximum absolute atomic E-state index is 12.3. The van der Waals surface area contributed by atoms with Crippen molar-refractivity contribution in [1.82, 2.24) is 15.5 Å². The maximum Gasteiger partial charge on any atom is 0.410 e. The van der Waals surface area contributed by atoms with Gasteiger partial charge in [-0.05, 0) is 46.5 Å². The van der Waals surface area contributed by atoms with E-state index in [-0.39, 0.29) is 12.2 Å². The zero-order valence-corrected chi connectivity index (χ0v) is 17.3. The van der Waals surface area contributed by atoms with Gasteiger partial charge in [-0.2, -0.15) is 0 Å². The number of rotatable bonds is 9. The summed E-state index contributed by atoms with van der Waals surface area (Å²) in [7, 11) is 1.74. The topological polar surface area (TPSA) is 84.4 Å². The van der Waals surface area contributed by atoms with Crippen LogP contribution in [0, 0.1) is 0 Å². The molecule has 2 fully saturated rings. The third kappa shape index (κ3) is 8.79. The second kappa shape index (κ2) is 10.7. The van der Waals surface area contributed by atoms with Crippen molar-refractivity contribution in [3.63, 3.8) is 0 Å². The van der Waals surface area contributed by atoms with Gasteiger partial charge in [-0.15, -0.1) is 0 Å². The Balaban J connectivity index is 1.60. The van der Waals surface area contributed by atoms with E-state index in [1.54, 1.807) is 7.05 Å². The smallest absolute Gasteiger partial charge is 0.410 e. The Morgan fingerprint density at radius 2 is 1.96 bits per heavy atom. The summed E-state index contributed by atoms with van der Waals surface area (Å²) >= 11 is 0. The van der Waals surface area contributed by atoms with Crippen LogP contribution in [0.5, 0.6) is 0 Å². The van der Waals surface area contributed by atoms with E-state index in [1.165, 1.54) is 0 Å². The minimum absolute atomic E-state index is 0.234. The van der Waals surface area contributed by atoms with Gasteiger partial charge in [-0.25, -0.2) is 4.79 Å². The summed E-state index contributed by atoms with van der Waals surface area (Å²) < 4.78 is 16.5. The van der Waals surface area contributed by atoms with Crippen LogP contribution in [-0.2, 0) is 14.2 Å². The van der Waals surface area contributed by atoms with Crippen LogP contribution >= 0.6 is 0 Å². The van der Waals surface area contributed by atoms with Crippen LogP contribution in [0.25, 0.3) is 0 Å². The zero-order chi connectivity index (χ0) is 19.7. The molecule has 0 aromatic carbocycles. The van der Waals surface area contributed by atoms with Crippen molar-refractivity contribution < 1.29 is 19.0 Å². The lowest BCUT2D eigenvalue weighted by molar-refractivity contribution is 0.0237. The third-order valence-electron chi connectivity index (χ3n) is 4.34. The molecule has 2 rings (SSSR count). The highest BCUT2D eigenvalue weighted by molar-refractivity contribution is 5.79. The van der Waals surface area contributed by atoms with Crippen molar-refractivity contribution in [1.29, 1.82) is 0 Å². The molecule has 1 aliphatic heterocycles. The molecule has 1 amide bonds. The number of amides is 1. The van der Waals surface area contributed by atoms with Gasteiger partial charge in [0.05, 0.1) is 12.7 Å². The second-order valence-corrected chi connectivity index (χ2v) is 8.04. The molecule has 8 nitrogen and oxygen atoms in total. The van der Waals surface area contributed by atoms with Crippen LogP contribution < -0.4 is 10.6 Å². The Morgan fingerprint density at radius 3 is 2.56 bits per heavy atom. The minimum Gasteiger partial charge on any atom is -0.444 e. The molecule has 1 saturated carbocycles. The molecule has 2 N–H and O–H groups in total. The molecule has 0 bridgehead atoms. The van der Waals surface area contributed by atoms with Gasteiger partial charge < -0.3 is 29.7 Å². The average molecular weight is 385 g/mol. The Morgan fingerprint density at radius 1 is 1.22 bits per heavy atom. The molecule has 27 heavy (non-hydrogen) atoms. The molecular formula is C19H36N4O4. The minimum atomic E-state index is -0.470. The first kappa shape index (κ1) is 21.8. The van der Waals surface area contributed by atoms with Gasteiger partial charge in [0.15, 0.2) is 5.96 Å². The lowest BCUT2D eigenvalue weighted by Crippen LogP contribution is -2.45. The lowest BCUT2D eigenvalue weighted by atomic mass is 10.2. The molecule has 0 radical (unpaired) electrons. The number of nitrogens with one attached hydrogen (secondary N) is 2. The van der Waals surface area contributed by atoms with Crippen LogP contribution in [0.15, 0.2) is 4.99 Å². The molecule has 8 heteroatoms. The van der Waals surface area contributed by atoms with Gasteiger partial charge in [0.2, 0.25) is 0 Å². The Labute approximate surface area is 163 Å². The van der Waals surface area contributed by atoms with Crippen molar-refractivity contribution in [2.75, 3.05) is 46.5 Å². The quantitative estimate of drug-likeness (QED) is 0.358. The van der Waals surface area contributed by atoms with Crippen LogP contribution in [0.3, 0.4) is 0 Å². The number of aliphatic imine (C=N–C) groups is 1. The SMILES string of the molecule is CN=C(NCCCOC1CCOC1)NCCN(C(=O)OC(C)(C)C)C1CC1. The summed E-state index contributed by atoms with van der Waals surface area (Å²) in [6, 6.07) is 0.313. The van der Waals surface area contributed by atoms with Crippen molar-refractivity contribution >= 4 is 12.1 Å². The second-order valence-electron chi connectivity index (χ2n) is 8.04. The fourth-order valence-electron chi connectivity index (χ4n) is 2.82. The summed E-state index contributed by atoms with van der Waals surface area (Å²) in [5.41, 5.74) is -0.470. The van der Waals surface area contributed by atoms with Gasteiger partial charge in [0, 0.05) is 45.9 Å². The Hall–Kier alpha value is -1.54. The van der Waals surface area contributed by atoms with Crippen molar-refractivity contribution in [2.24, 2.45) is 4.99 Å². The lowest BCUT2D eigenvalue weighted by Gasteiger charge is -2.27. The standard InChI is InChI=1S/C19H36N4O4/c1-19(2,3)27-18(24)23(15-6-7-15)11-10-22-17(20-4)21-9-5-12-26-16-8-13-25-14-16/h15-16H,5-14H2,1-4H3,(H2,20,21,22). The van der Waals surface area contributed by atoms with Gasteiger partial charge in [-0.1, -0.05) is 0 Å². The molecular weight excluding hydrogens is 348 g/mol. The van der Waals surface area contributed by atoms with E-state index in [2.05, 4.69) is 15.6 Å². The number of hydrogen-bond donors (Lipinski definition) is 2. The summed E-state index contributed by atoms with van der Waals surface area (Å²) in [4.78, 5) is 18.4. The normalized spacial score (nSPS) is 20.4. The maximum atomic E-state index is 12.3. The largest absolute Gasteiger partial charge is 0.444 e.